The van der Waals surface area contributed by atoms with Gasteiger partial charge in [-0.15, -0.1) is 0 Å². The Morgan fingerprint density at radius 3 is 2.95 bits per heavy atom. The van der Waals surface area contributed by atoms with Crippen molar-refractivity contribution in [1.29, 1.82) is 0 Å². The van der Waals surface area contributed by atoms with Crippen LogP contribution in [0.3, 0.4) is 0 Å². The molecule has 0 aliphatic carbocycles. The lowest BCUT2D eigenvalue weighted by Crippen LogP contribution is -2.41. The lowest BCUT2D eigenvalue weighted by Gasteiger charge is -2.25. The van der Waals surface area contributed by atoms with Crippen molar-refractivity contribution >= 4 is 16.8 Å². The number of hydrogen-bond acceptors (Lipinski definition) is 3. The summed E-state index contributed by atoms with van der Waals surface area (Å²) in [4.78, 5) is 19.6. The van der Waals surface area contributed by atoms with Crippen LogP contribution in [0.1, 0.15) is 34.5 Å². The van der Waals surface area contributed by atoms with E-state index in [0.717, 1.165) is 48.1 Å². The Morgan fingerprint density at radius 1 is 1.36 bits per heavy atom. The van der Waals surface area contributed by atoms with Crippen molar-refractivity contribution in [2.24, 2.45) is 0 Å². The molecular weight excluding hydrogens is 274 g/mol. The molecule has 1 aromatic heterocycles. The van der Waals surface area contributed by atoms with Crippen LogP contribution in [0.5, 0.6) is 0 Å². The van der Waals surface area contributed by atoms with E-state index in [9.17, 15) is 4.79 Å². The van der Waals surface area contributed by atoms with Gasteiger partial charge >= 0.3 is 0 Å². The molecule has 0 unspecified atom stereocenters. The van der Waals surface area contributed by atoms with Gasteiger partial charge in [-0.25, -0.2) is 0 Å². The Hall–Kier alpha value is -1.94. The van der Waals surface area contributed by atoms with Gasteiger partial charge in [0.05, 0.1) is 16.8 Å². The number of likely N-dealkylation sites (N-methyl/N-ethyl adjacent to an activating group) is 1. The summed E-state index contributed by atoms with van der Waals surface area (Å²) in [6, 6.07) is 8.46. The van der Waals surface area contributed by atoms with Crippen LogP contribution in [-0.2, 0) is 0 Å². The number of hydrogen-bond donors (Lipinski definition) is 1. The van der Waals surface area contributed by atoms with E-state index >= 15 is 0 Å². The quantitative estimate of drug-likeness (QED) is 0.947. The number of carbonyl (C=O) groups excluding carboxylic acids is 1. The summed E-state index contributed by atoms with van der Waals surface area (Å²) in [6.07, 6.45) is 2.16. The number of carbonyl (C=O) groups is 1. The predicted molar refractivity (Wildman–Crippen MR) is 89.2 cm³/mol. The number of fused-ring (bicyclic) bond motifs is 1. The Kier molecular flexibility index (Phi) is 4.12. The Labute approximate surface area is 131 Å². The first-order valence-corrected chi connectivity index (χ1v) is 7.93. The van der Waals surface area contributed by atoms with E-state index in [0.29, 0.717) is 6.04 Å². The average molecular weight is 297 g/mol. The third kappa shape index (κ3) is 2.71. The highest BCUT2D eigenvalue weighted by molar-refractivity contribution is 5.99. The fourth-order valence-electron chi connectivity index (χ4n) is 3.31. The molecule has 1 atom stereocenters. The number of rotatable bonds is 3. The molecule has 4 heteroatoms. The van der Waals surface area contributed by atoms with E-state index in [2.05, 4.69) is 29.4 Å². The third-order valence-electron chi connectivity index (χ3n) is 4.47. The Bertz CT molecular complexity index is 711. The standard InChI is InChI=1S/C18H23N3O/c1-12-6-7-17-14(9-12)10-16(13(2)20-17)18(22)21-8-4-5-15(21)11-19-3/h6-7,9-10,15,19H,4-5,8,11H2,1-3H3/t15-/m0/s1. The summed E-state index contributed by atoms with van der Waals surface area (Å²) in [5.74, 6) is 0.117. The number of benzene rings is 1. The lowest BCUT2D eigenvalue weighted by molar-refractivity contribution is 0.0736. The molecule has 0 bridgehead atoms. The van der Waals surface area contributed by atoms with E-state index in [4.69, 9.17) is 0 Å². The molecular formula is C18H23N3O. The van der Waals surface area contributed by atoms with E-state index < -0.39 is 0 Å². The first kappa shape index (κ1) is 15.0. The van der Waals surface area contributed by atoms with Crippen molar-refractivity contribution in [1.82, 2.24) is 15.2 Å². The van der Waals surface area contributed by atoms with Crippen LogP contribution in [0.15, 0.2) is 24.3 Å². The number of amides is 1. The van der Waals surface area contributed by atoms with Gasteiger partial charge < -0.3 is 10.2 Å². The summed E-state index contributed by atoms with van der Waals surface area (Å²) in [7, 11) is 1.94. The third-order valence-corrected chi connectivity index (χ3v) is 4.47. The maximum absolute atomic E-state index is 12.9. The van der Waals surface area contributed by atoms with E-state index in [-0.39, 0.29) is 5.91 Å². The molecule has 1 N–H and O–H groups in total. The van der Waals surface area contributed by atoms with Gasteiger partial charge in [0.25, 0.3) is 5.91 Å². The first-order chi connectivity index (χ1) is 10.6. The largest absolute Gasteiger partial charge is 0.334 e. The second-order valence-corrected chi connectivity index (χ2v) is 6.17. The molecule has 1 amide bonds. The molecule has 1 aliphatic heterocycles. The minimum Gasteiger partial charge on any atom is -0.334 e. The smallest absolute Gasteiger partial charge is 0.256 e. The molecule has 0 spiro atoms. The monoisotopic (exact) mass is 297 g/mol. The van der Waals surface area contributed by atoms with Crippen molar-refractivity contribution in [2.75, 3.05) is 20.1 Å². The first-order valence-electron chi connectivity index (χ1n) is 7.93. The summed E-state index contributed by atoms with van der Waals surface area (Å²) in [5, 5.41) is 4.23. The van der Waals surface area contributed by atoms with Crippen LogP contribution in [0.25, 0.3) is 10.9 Å². The summed E-state index contributed by atoms with van der Waals surface area (Å²) in [6.45, 7) is 5.68. The van der Waals surface area contributed by atoms with Crippen molar-refractivity contribution in [3.8, 4) is 0 Å². The number of nitrogens with zero attached hydrogens (tertiary/aromatic N) is 2. The van der Waals surface area contributed by atoms with Gasteiger partial charge in [-0.1, -0.05) is 11.6 Å². The normalized spacial score (nSPS) is 18.1. The maximum atomic E-state index is 12.9. The van der Waals surface area contributed by atoms with Gasteiger partial charge in [-0.2, -0.15) is 0 Å². The van der Waals surface area contributed by atoms with Crippen LogP contribution in [0.4, 0.5) is 0 Å². The van der Waals surface area contributed by atoms with E-state index in [1.807, 2.05) is 31.0 Å². The highest BCUT2D eigenvalue weighted by Crippen LogP contribution is 2.23. The molecule has 1 aliphatic rings. The van der Waals surface area contributed by atoms with Gasteiger partial charge in [-0.3, -0.25) is 9.78 Å². The zero-order valence-corrected chi connectivity index (χ0v) is 13.5. The molecule has 2 heterocycles. The van der Waals surface area contributed by atoms with Crippen molar-refractivity contribution in [3.05, 3.63) is 41.1 Å². The van der Waals surface area contributed by atoms with Crippen LogP contribution < -0.4 is 5.32 Å². The van der Waals surface area contributed by atoms with Gasteiger partial charge in [0.2, 0.25) is 0 Å². The number of pyridine rings is 1. The number of aryl methyl sites for hydroxylation is 2. The zero-order valence-electron chi connectivity index (χ0n) is 13.5. The molecule has 1 saturated heterocycles. The van der Waals surface area contributed by atoms with Gasteiger partial charge in [0.1, 0.15) is 0 Å². The predicted octanol–water partition coefficient (Wildman–Crippen LogP) is 2.68. The van der Waals surface area contributed by atoms with Crippen LogP contribution in [0.2, 0.25) is 0 Å². The average Bonchev–Trinajstić information content (AvgIpc) is 2.95. The summed E-state index contributed by atoms with van der Waals surface area (Å²) < 4.78 is 0. The Morgan fingerprint density at radius 2 is 2.18 bits per heavy atom. The van der Waals surface area contributed by atoms with Crippen molar-refractivity contribution in [2.45, 2.75) is 32.7 Å². The molecule has 0 radical (unpaired) electrons. The minimum atomic E-state index is 0.117. The van der Waals surface area contributed by atoms with Crippen LogP contribution in [0, 0.1) is 13.8 Å². The number of nitrogens with one attached hydrogen (secondary N) is 1. The molecule has 3 rings (SSSR count). The second kappa shape index (κ2) is 6.05. The zero-order chi connectivity index (χ0) is 15.7. The minimum absolute atomic E-state index is 0.117. The number of aromatic nitrogens is 1. The highest BCUT2D eigenvalue weighted by atomic mass is 16.2. The molecule has 1 aromatic carbocycles. The Balaban J connectivity index is 1.98. The molecule has 1 fully saturated rings. The SMILES string of the molecule is CNC[C@@H]1CCCN1C(=O)c1cc2cc(C)ccc2nc1C. The van der Waals surface area contributed by atoms with Gasteiger partial charge in [-0.05, 0) is 51.9 Å². The molecule has 0 saturated carbocycles. The van der Waals surface area contributed by atoms with E-state index in [1.54, 1.807) is 0 Å². The van der Waals surface area contributed by atoms with Crippen molar-refractivity contribution < 1.29 is 4.79 Å². The maximum Gasteiger partial charge on any atom is 0.256 e. The van der Waals surface area contributed by atoms with Crippen molar-refractivity contribution in [3.63, 3.8) is 0 Å². The molecule has 4 nitrogen and oxygen atoms in total. The molecule has 2 aromatic rings. The topological polar surface area (TPSA) is 45.2 Å². The van der Waals surface area contributed by atoms with E-state index in [1.165, 1.54) is 5.56 Å². The fraction of sp³-hybridized carbons (Fsp3) is 0.444. The summed E-state index contributed by atoms with van der Waals surface area (Å²) >= 11 is 0. The van der Waals surface area contributed by atoms with Gasteiger partial charge in [0.15, 0.2) is 0 Å². The highest BCUT2D eigenvalue weighted by Gasteiger charge is 2.29. The number of likely N-dealkylation sites (tertiary alicyclic amines) is 1. The van der Waals surface area contributed by atoms with Crippen LogP contribution in [-0.4, -0.2) is 42.0 Å². The molecule has 22 heavy (non-hydrogen) atoms. The van der Waals surface area contributed by atoms with Gasteiger partial charge in [0, 0.05) is 24.5 Å². The second-order valence-electron chi connectivity index (χ2n) is 6.17. The lowest BCUT2D eigenvalue weighted by atomic mass is 10.1. The van der Waals surface area contributed by atoms with Crippen LogP contribution >= 0.6 is 0 Å². The fourth-order valence-corrected chi connectivity index (χ4v) is 3.31. The molecule has 116 valence electrons. The summed E-state index contributed by atoms with van der Waals surface area (Å²) in [5.41, 5.74) is 3.69.